The van der Waals surface area contributed by atoms with Gasteiger partial charge in [0.1, 0.15) is 0 Å². The van der Waals surface area contributed by atoms with Crippen molar-refractivity contribution >= 4 is 57.1 Å². The molecule has 0 amide bonds. The van der Waals surface area contributed by atoms with Crippen LogP contribution in [0.15, 0.2) is 281 Å². The summed E-state index contributed by atoms with van der Waals surface area (Å²) in [6.45, 7) is 12.1. The number of rotatable bonds is 12. The molecule has 354 valence electrons. The van der Waals surface area contributed by atoms with Gasteiger partial charge in [0.2, 0.25) is 0 Å². The molecule has 0 N–H and O–H groups in total. The molecule has 1 aliphatic carbocycles. The summed E-state index contributed by atoms with van der Waals surface area (Å²) in [5, 5.41) is 2.40. The zero-order chi connectivity index (χ0) is 50.5. The second-order valence-electron chi connectivity index (χ2n) is 19.4. The monoisotopic (exact) mass is 956 g/mol. The summed E-state index contributed by atoms with van der Waals surface area (Å²) >= 11 is 0. The first kappa shape index (κ1) is 45.1. The lowest BCUT2D eigenvalue weighted by Crippen LogP contribution is -2.28. The molecule has 12 aromatic rings. The zero-order valence-electron chi connectivity index (χ0n) is 41.6. The Bertz CT molecular complexity index is 4110. The average molecular weight is 957 g/mol. The van der Waals surface area contributed by atoms with Gasteiger partial charge in [-0.2, -0.15) is 0 Å². The van der Waals surface area contributed by atoms with Crippen LogP contribution in [0.5, 0.6) is 0 Å². The van der Waals surface area contributed by atoms with Gasteiger partial charge in [-0.05, 0) is 156 Å². The summed E-state index contributed by atoms with van der Waals surface area (Å²) in [5.74, 6) is 0. The lowest BCUT2D eigenvalue weighted by Gasteiger charge is -2.35. The van der Waals surface area contributed by atoms with E-state index in [1.807, 2.05) is 18.2 Å². The van der Waals surface area contributed by atoms with E-state index in [9.17, 15) is 0 Å². The molecule has 0 bridgehead atoms. The van der Waals surface area contributed by atoms with Crippen molar-refractivity contribution in [3.8, 4) is 50.2 Å². The largest absolute Gasteiger partial charge is 0.310 e. The van der Waals surface area contributed by atoms with Gasteiger partial charge in [-0.3, -0.25) is 0 Å². The van der Waals surface area contributed by atoms with E-state index in [1.165, 1.54) is 66.4 Å². The Kier molecular flexibility index (Phi) is 11.2. The number of anilines is 3. The van der Waals surface area contributed by atoms with Crippen LogP contribution < -0.4 is 4.90 Å². The Balaban J connectivity index is 0.959. The van der Waals surface area contributed by atoms with Crippen LogP contribution in [0.25, 0.3) is 90.2 Å². The average Bonchev–Trinajstić information content (AvgIpc) is 3.99. The fraction of sp³-hybridized carbons (Fsp3) is 0.0137. The van der Waals surface area contributed by atoms with Crippen molar-refractivity contribution in [2.24, 2.45) is 0 Å². The van der Waals surface area contributed by atoms with Crippen molar-refractivity contribution in [1.29, 1.82) is 0 Å². The molecule has 0 aliphatic heterocycles. The summed E-state index contributed by atoms with van der Waals surface area (Å²) < 4.78 is 2.38. The quantitative estimate of drug-likeness (QED) is 0.118. The van der Waals surface area contributed by atoms with Crippen LogP contribution in [-0.4, -0.2) is 4.57 Å². The highest BCUT2D eigenvalue weighted by Gasteiger charge is 2.46. The fourth-order valence-electron chi connectivity index (χ4n) is 11.7. The summed E-state index contributed by atoms with van der Waals surface area (Å²) in [4.78, 5) is 2.41. The van der Waals surface area contributed by atoms with Crippen LogP contribution in [0.2, 0.25) is 0 Å². The molecule has 2 nitrogen and oxygen atoms in total. The van der Waals surface area contributed by atoms with Gasteiger partial charge in [-0.25, -0.2) is 0 Å². The summed E-state index contributed by atoms with van der Waals surface area (Å²) in [6.07, 6.45) is 5.70. The molecule has 2 heteroatoms. The molecule has 0 spiro atoms. The maximum Gasteiger partial charge on any atom is 0.0714 e. The van der Waals surface area contributed by atoms with Gasteiger partial charge in [-0.1, -0.05) is 226 Å². The molecule has 75 heavy (non-hydrogen) atoms. The number of hydrogen-bond donors (Lipinski definition) is 0. The van der Waals surface area contributed by atoms with Crippen LogP contribution >= 0.6 is 0 Å². The standard InChI is InChI=1S/C73H52N2/c1-4-50-21-27-55(28-22-50)57-33-45-71-67(47-57)68-48-58(34-46-72(68)75(71)63-37-25-52(6-3)26-38-63)56-31-41-62(42-32-56)74(61-39-29-54(30-40-61)53-15-9-7-10-16-53)64-43-44-66-65-19-13-14-20-69(65)73(70(66)49-64,59-17-11-8-12-18-59)60-35-23-51(5-2)24-36-60/h4-49H,1-3H2. The van der Waals surface area contributed by atoms with Crippen molar-refractivity contribution in [2.75, 3.05) is 4.90 Å². The van der Waals surface area contributed by atoms with E-state index in [0.29, 0.717) is 0 Å². The number of aromatic nitrogens is 1. The third kappa shape index (κ3) is 7.66. The van der Waals surface area contributed by atoms with E-state index >= 15 is 0 Å². The topological polar surface area (TPSA) is 8.17 Å². The Morgan fingerprint density at radius 2 is 0.733 bits per heavy atom. The molecule has 0 fully saturated rings. The van der Waals surface area contributed by atoms with Crippen LogP contribution in [0.4, 0.5) is 17.1 Å². The van der Waals surface area contributed by atoms with Crippen LogP contribution in [0.1, 0.15) is 38.9 Å². The van der Waals surface area contributed by atoms with E-state index < -0.39 is 5.41 Å². The molecular weight excluding hydrogens is 905 g/mol. The van der Waals surface area contributed by atoms with Crippen LogP contribution in [0.3, 0.4) is 0 Å². The number of benzene rings is 11. The van der Waals surface area contributed by atoms with Gasteiger partial charge < -0.3 is 9.47 Å². The van der Waals surface area contributed by atoms with Gasteiger partial charge in [0.25, 0.3) is 0 Å². The normalized spacial score (nSPS) is 13.5. The van der Waals surface area contributed by atoms with Gasteiger partial charge in [0.15, 0.2) is 0 Å². The lowest BCUT2D eigenvalue weighted by atomic mass is 9.67. The van der Waals surface area contributed by atoms with Gasteiger partial charge in [0, 0.05) is 33.5 Å². The smallest absolute Gasteiger partial charge is 0.0714 e. The first-order valence-electron chi connectivity index (χ1n) is 25.7. The van der Waals surface area contributed by atoms with Crippen molar-refractivity contribution < 1.29 is 0 Å². The first-order valence-corrected chi connectivity index (χ1v) is 25.7. The Morgan fingerprint density at radius 1 is 0.320 bits per heavy atom. The minimum absolute atomic E-state index is 0.566. The molecular formula is C73H52N2. The highest BCUT2D eigenvalue weighted by atomic mass is 15.1. The molecule has 1 aliphatic rings. The molecule has 0 saturated carbocycles. The van der Waals surface area contributed by atoms with Gasteiger partial charge >= 0.3 is 0 Å². The summed E-state index contributed by atoms with van der Waals surface area (Å²) in [7, 11) is 0. The predicted molar refractivity (Wildman–Crippen MR) is 319 cm³/mol. The molecule has 1 heterocycles. The van der Waals surface area contributed by atoms with Gasteiger partial charge in [0.05, 0.1) is 16.4 Å². The Morgan fingerprint density at radius 3 is 1.29 bits per heavy atom. The van der Waals surface area contributed by atoms with Crippen molar-refractivity contribution in [2.45, 2.75) is 5.41 Å². The first-order chi connectivity index (χ1) is 37.0. The van der Waals surface area contributed by atoms with Crippen molar-refractivity contribution in [3.05, 3.63) is 320 Å². The van der Waals surface area contributed by atoms with Crippen molar-refractivity contribution in [1.82, 2.24) is 4.57 Å². The van der Waals surface area contributed by atoms with Crippen molar-refractivity contribution in [3.63, 3.8) is 0 Å². The molecule has 0 saturated heterocycles. The minimum atomic E-state index is -0.566. The molecule has 11 aromatic carbocycles. The van der Waals surface area contributed by atoms with E-state index in [-0.39, 0.29) is 0 Å². The molecule has 1 atom stereocenters. The van der Waals surface area contributed by atoms with Crippen LogP contribution in [0, 0.1) is 0 Å². The second-order valence-corrected chi connectivity index (χ2v) is 19.4. The summed E-state index contributed by atoms with van der Waals surface area (Å²) in [6, 6.07) is 95.8. The highest BCUT2D eigenvalue weighted by Crippen LogP contribution is 2.57. The molecule has 13 rings (SSSR count). The third-order valence-electron chi connectivity index (χ3n) is 15.4. The highest BCUT2D eigenvalue weighted by molar-refractivity contribution is 6.11. The zero-order valence-corrected chi connectivity index (χ0v) is 41.6. The summed E-state index contributed by atoms with van der Waals surface area (Å²) in [5.41, 5.74) is 23.8. The lowest BCUT2D eigenvalue weighted by molar-refractivity contribution is 0.768. The van der Waals surface area contributed by atoms with Crippen LogP contribution in [-0.2, 0) is 5.41 Å². The van der Waals surface area contributed by atoms with E-state index in [2.05, 4.69) is 290 Å². The molecule has 1 unspecified atom stereocenters. The third-order valence-corrected chi connectivity index (χ3v) is 15.4. The number of fused-ring (bicyclic) bond motifs is 6. The minimum Gasteiger partial charge on any atom is -0.310 e. The number of nitrogens with zero attached hydrogens (tertiary/aromatic N) is 2. The Hall–Kier alpha value is -9.76. The second kappa shape index (κ2) is 18.7. The van der Waals surface area contributed by atoms with E-state index in [4.69, 9.17) is 0 Å². The maximum atomic E-state index is 4.08. The van der Waals surface area contributed by atoms with Gasteiger partial charge in [-0.15, -0.1) is 0 Å². The molecule has 1 aromatic heterocycles. The van der Waals surface area contributed by atoms with E-state index in [1.54, 1.807) is 0 Å². The molecule has 0 radical (unpaired) electrons. The number of hydrogen-bond acceptors (Lipinski definition) is 1. The predicted octanol–water partition coefficient (Wildman–Crippen LogP) is 19.5. The Labute approximate surface area is 439 Å². The SMILES string of the molecule is C=Cc1ccc(-c2ccc3c(c2)c2cc(-c4ccc(N(c5ccc(-c6ccccc6)cc5)c5ccc6c(c5)C(c5ccccc5)(c5ccc(C=C)cc5)c5ccccc5-6)cc4)ccc2n3-c2ccc(C=C)cc2)cc1. The maximum absolute atomic E-state index is 4.08. The van der Waals surface area contributed by atoms with E-state index in [0.717, 1.165) is 61.6 Å². The fourth-order valence-corrected chi connectivity index (χ4v) is 11.7.